The zero-order chi connectivity index (χ0) is 23.8. The third-order valence-corrected chi connectivity index (χ3v) is 6.34. The van der Waals surface area contributed by atoms with E-state index in [1.165, 1.54) is 11.8 Å². The summed E-state index contributed by atoms with van der Waals surface area (Å²) in [7, 11) is 0. The molecule has 2 amide bonds. The molecule has 0 atom stereocenters. The van der Waals surface area contributed by atoms with Crippen LogP contribution in [0.25, 0.3) is 0 Å². The third kappa shape index (κ3) is 6.83. The monoisotopic (exact) mass is 503 g/mol. The van der Waals surface area contributed by atoms with Crippen LogP contribution < -0.4 is 10.6 Å². The number of aryl methyl sites for hydroxylation is 1. The first kappa shape index (κ1) is 24.8. The molecule has 0 spiro atoms. The molecule has 0 saturated heterocycles. The molecule has 0 saturated carbocycles. The van der Waals surface area contributed by atoms with Gasteiger partial charge in [0.2, 0.25) is 11.8 Å². The van der Waals surface area contributed by atoms with Crippen molar-refractivity contribution < 1.29 is 9.59 Å². The van der Waals surface area contributed by atoms with Gasteiger partial charge in [-0.25, -0.2) is 0 Å². The van der Waals surface area contributed by atoms with Gasteiger partial charge in [0.1, 0.15) is 5.82 Å². The highest BCUT2D eigenvalue weighted by atomic mass is 35.5. The Labute approximate surface area is 206 Å². The standard InChI is InChI=1S/C23H23Cl2N5O2S/c1-3-11-30-20(13-21(31)27-19-8-6-5-7-15(19)4-2)28-29-23(30)33-14-22(32)26-16-9-10-17(24)18(25)12-16/h3,5-10,12H,1,4,11,13-14H2,2H3,(H,26,32)(H,27,31). The minimum Gasteiger partial charge on any atom is -0.325 e. The summed E-state index contributed by atoms with van der Waals surface area (Å²) in [5.74, 6) is 0.171. The molecule has 7 nitrogen and oxygen atoms in total. The van der Waals surface area contributed by atoms with E-state index in [9.17, 15) is 9.59 Å². The van der Waals surface area contributed by atoms with Crippen molar-refractivity contribution in [1.82, 2.24) is 14.8 Å². The summed E-state index contributed by atoms with van der Waals surface area (Å²) in [6.07, 6.45) is 2.56. The quantitative estimate of drug-likeness (QED) is 0.291. The lowest BCUT2D eigenvalue weighted by Gasteiger charge is -2.11. The van der Waals surface area contributed by atoms with Crippen molar-refractivity contribution in [2.24, 2.45) is 0 Å². The number of benzene rings is 2. The number of rotatable bonds is 10. The Morgan fingerprint density at radius 3 is 2.61 bits per heavy atom. The van der Waals surface area contributed by atoms with E-state index in [2.05, 4.69) is 27.4 Å². The van der Waals surface area contributed by atoms with Crippen LogP contribution in [0.1, 0.15) is 18.3 Å². The fraction of sp³-hybridized carbons (Fsp3) is 0.217. The van der Waals surface area contributed by atoms with Gasteiger partial charge in [0.25, 0.3) is 0 Å². The van der Waals surface area contributed by atoms with E-state index < -0.39 is 0 Å². The Morgan fingerprint density at radius 2 is 1.88 bits per heavy atom. The number of nitrogens with zero attached hydrogens (tertiary/aromatic N) is 3. The van der Waals surface area contributed by atoms with Crippen LogP contribution in [0.2, 0.25) is 10.0 Å². The van der Waals surface area contributed by atoms with Crippen LogP contribution in [0, 0.1) is 0 Å². The molecule has 0 aliphatic heterocycles. The molecule has 1 aromatic heterocycles. The third-order valence-electron chi connectivity index (χ3n) is 4.63. The first-order chi connectivity index (χ1) is 15.9. The van der Waals surface area contributed by atoms with Crippen molar-refractivity contribution in [3.63, 3.8) is 0 Å². The number of allylic oxidation sites excluding steroid dienone is 1. The summed E-state index contributed by atoms with van der Waals surface area (Å²) in [5, 5.41) is 15.3. The second kappa shape index (κ2) is 11.9. The number of nitrogens with one attached hydrogen (secondary N) is 2. The van der Waals surface area contributed by atoms with E-state index in [0.717, 1.165) is 17.7 Å². The van der Waals surface area contributed by atoms with E-state index in [0.29, 0.717) is 33.3 Å². The highest BCUT2D eigenvalue weighted by Crippen LogP contribution is 2.25. The summed E-state index contributed by atoms with van der Waals surface area (Å²) in [6.45, 7) is 6.21. The van der Waals surface area contributed by atoms with Crippen LogP contribution in [0.15, 0.2) is 60.3 Å². The lowest BCUT2D eigenvalue weighted by Crippen LogP contribution is -2.19. The fourth-order valence-electron chi connectivity index (χ4n) is 3.06. The Hall–Kier alpha value is -2.81. The minimum absolute atomic E-state index is 0.0505. The van der Waals surface area contributed by atoms with Gasteiger partial charge in [-0.3, -0.25) is 9.59 Å². The Kier molecular flexibility index (Phi) is 8.94. The molecule has 10 heteroatoms. The molecule has 172 valence electrons. The SMILES string of the molecule is C=CCn1c(CC(=O)Nc2ccccc2CC)nnc1SCC(=O)Nc1ccc(Cl)c(Cl)c1. The van der Waals surface area contributed by atoms with E-state index >= 15 is 0 Å². The Morgan fingerprint density at radius 1 is 1.09 bits per heavy atom. The number of amides is 2. The highest BCUT2D eigenvalue weighted by Gasteiger charge is 2.17. The van der Waals surface area contributed by atoms with E-state index in [4.69, 9.17) is 23.2 Å². The van der Waals surface area contributed by atoms with Gasteiger partial charge >= 0.3 is 0 Å². The molecule has 3 rings (SSSR count). The van der Waals surface area contributed by atoms with Crippen LogP contribution in [0.5, 0.6) is 0 Å². The van der Waals surface area contributed by atoms with E-state index in [-0.39, 0.29) is 24.0 Å². The van der Waals surface area contributed by atoms with Gasteiger partial charge in [-0.15, -0.1) is 16.8 Å². The van der Waals surface area contributed by atoms with Gasteiger partial charge in [-0.1, -0.05) is 66.2 Å². The maximum atomic E-state index is 12.6. The average Bonchev–Trinajstić information content (AvgIpc) is 3.16. The van der Waals surface area contributed by atoms with Crippen molar-refractivity contribution >= 4 is 58.2 Å². The topological polar surface area (TPSA) is 88.9 Å². The summed E-state index contributed by atoms with van der Waals surface area (Å²) >= 11 is 13.1. The van der Waals surface area contributed by atoms with E-state index in [1.807, 2.05) is 31.2 Å². The molecular formula is C23H23Cl2N5O2S. The summed E-state index contributed by atoms with van der Waals surface area (Å²) in [4.78, 5) is 25.0. The summed E-state index contributed by atoms with van der Waals surface area (Å²) < 4.78 is 1.77. The number of halogens is 2. The molecule has 0 aliphatic rings. The van der Waals surface area contributed by atoms with Crippen molar-refractivity contribution in [1.29, 1.82) is 0 Å². The van der Waals surface area contributed by atoms with Crippen molar-refractivity contribution in [2.75, 3.05) is 16.4 Å². The van der Waals surface area contributed by atoms with E-state index in [1.54, 1.807) is 28.8 Å². The average molecular weight is 504 g/mol. The summed E-state index contributed by atoms with van der Waals surface area (Å²) in [6, 6.07) is 12.5. The number of anilines is 2. The van der Waals surface area contributed by atoms with Crippen LogP contribution >= 0.6 is 35.0 Å². The Balaban J connectivity index is 1.63. The second-order valence-corrected chi connectivity index (χ2v) is 8.76. The molecule has 1 heterocycles. The molecule has 0 radical (unpaired) electrons. The number of para-hydroxylation sites is 1. The van der Waals surface area contributed by atoms with Gasteiger partial charge < -0.3 is 15.2 Å². The zero-order valence-corrected chi connectivity index (χ0v) is 20.3. The molecule has 0 aliphatic carbocycles. The molecule has 0 bridgehead atoms. The molecular weight excluding hydrogens is 481 g/mol. The summed E-state index contributed by atoms with van der Waals surface area (Å²) in [5.41, 5.74) is 2.39. The largest absolute Gasteiger partial charge is 0.325 e. The van der Waals surface area contributed by atoms with Crippen LogP contribution in [-0.4, -0.2) is 32.3 Å². The van der Waals surface area contributed by atoms with Crippen LogP contribution in [-0.2, 0) is 29.0 Å². The Bertz CT molecular complexity index is 1170. The first-order valence-electron chi connectivity index (χ1n) is 10.2. The predicted octanol–water partition coefficient (Wildman–Crippen LogP) is 5.25. The number of hydrogen-bond donors (Lipinski definition) is 2. The van der Waals surface area contributed by atoms with Gasteiger partial charge in [0.15, 0.2) is 5.16 Å². The van der Waals surface area contributed by atoms with Gasteiger partial charge in [0.05, 0.1) is 22.2 Å². The number of carbonyl (C=O) groups excluding carboxylic acids is 2. The number of carbonyl (C=O) groups is 2. The normalized spacial score (nSPS) is 10.6. The molecule has 33 heavy (non-hydrogen) atoms. The molecule has 0 unspecified atom stereocenters. The number of hydrogen-bond acceptors (Lipinski definition) is 5. The minimum atomic E-state index is -0.234. The molecule has 3 aromatic rings. The highest BCUT2D eigenvalue weighted by molar-refractivity contribution is 7.99. The van der Waals surface area contributed by atoms with Crippen molar-refractivity contribution in [3.8, 4) is 0 Å². The van der Waals surface area contributed by atoms with Gasteiger partial charge in [0, 0.05) is 17.9 Å². The second-order valence-electron chi connectivity index (χ2n) is 7.00. The lowest BCUT2D eigenvalue weighted by atomic mass is 10.1. The lowest BCUT2D eigenvalue weighted by molar-refractivity contribution is -0.116. The maximum absolute atomic E-state index is 12.6. The van der Waals surface area contributed by atoms with Crippen molar-refractivity contribution in [3.05, 3.63) is 76.6 Å². The van der Waals surface area contributed by atoms with Crippen molar-refractivity contribution in [2.45, 2.75) is 31.5 Å². The molecule has 2 N–H and O–H groups in total. The molecule has 2 aromatic carbocycles. The van der Waals surface area contributed by atoms with Gasteiger partial charge in [-0.2, -0.15) is 0 Å². The zero-order valence-electron chi connectivity index (χ0n) is 18.0. The molecule has 0 fully saturated rings. The predicted molar refractivity (Wildman–Crippen MR) is 134 cm³/mol. The maximum Gasteiger partial charge on any atom is 0.234 e. The number of thioether (sulfide) groups is 1. The first-order valence-corrected chi connectivity index (χ1v) is 11.9. The van der Waals surface area contributed by atoms with Gasteiger partial charge in [-0.05, 0) is 36.2 Å². The fourth-order valence-corrected chi connectivity index (χ4v) is 4.12. The number of aromatic nitrogens is 3. The van der Waals surface area contributed by atoms with Crippen LogP contribution in [0.3, 0.4) is 0 Å². The van der Waals surface area contributed by atoms with Crippen LogP contribution in [0.4, 0.5) is 11.4 Å². The smallest absolute Gasteiger partial charge is 0.234 e.